The molecular formula is C20H22N4O5. The zero-order chi connectivity index (χ0) is 20.5. The van der Waals surface area contributed by atoms with Crippen LogP contribution >= 0.6 is 0 Å². The maximum atomic E-state index is 13.0. The molecule has 2 aromatic carbocycles. The van der Waals surface area contributed by atoms with Crippen LogP contribution in [0.25, 0.3) is 0 Å². The number of methoxy groups -OCH3 is 2. The number of non-ortho nitro benzene ring substituents is 1. The van der Waals surface area contributed by atoms with Gasteiger partial charge in [0, 0.05) is 18.1 Å². The summed E-state index contributed by atoms with van der Waals surface area (Å²) in [6, 6.07) is 9.64. The number of hydrogen-bond acceptors (Lipinski definition) is 7. The topological polar surface area (TPSA) is 115 Å². The van der Waals surface area contributed by atoms with Crippen molar-refractivity contribution < 1.29 is 19.2 Å². The van der Waals surface area contributed by atoms with Crippen LogP contribution in [0.4, 0.5) is 11.4 Å². The number of carbonyl (C=O) groups is 1. The number of nitrogens with zero attached hydrogens (tertiary/aromatic N) is 1. The van der Waals surface area contributed by atoms with E-state index in [0.29, 0.717) is 5.75 Å². The molecule has 1 fully saturated rings. The van der Waals surface area contributed by atoms with Crippen molar-refractivity contribution in [2.24, 2.45) is 5.92 Å². The molecule has 29 heavy (non-hydrogen) atoms. The van der Waals surface area contributed by atoms with E-state index in [4.69, 9.17) is 9.47 Å². The van der Waals surface area contributed by atoms with Crippen molar-refractivity contribution >= 4 is 17.3 Å². The predicted octanol–water partition coefficient (Wildman–Crippen LogP) is 2.33. The van der Waals surface area contributed by atoms with Crippen molar-refractivity contribution in [3.8, 4) is 11.5 Å². The number of benzene rings is 2. The fourth-order valence-corrected chi connectivity index (χ4v) is 4.16. The second-order valence-corrected chi connectivity index (χ2v) is 7.14. The van der Waals surface area contributed by atoms with Crippen LogP contribution in [0.15, 0.2) is 36.4 Å². The molecule has 4 rings (SSSR count). The van der Waals surface area contributed by atoms with Gasteiger partial charge in [0.15, 0.2) is 0 Å². The quantitative estimate of drug-likeness (QED) is 0.523. The molecule has 0 radical (unpaired) electrons. The minimum absolute atomic E-state index is 0.00686. The van der Waals surface area contributed by atoms with Crippen LogP contribution in [-0.2, 0) is 11.2 Å². The van der Waals surface area contributed by atoms with E-state index in [1.807, 2.05) is 18.2 Å². The standard InChI is InChI=1S/C20H22N4O5/c1-28-13-5-7-14-11(9-13)3-6-15-18(14)22-23-19(15)20(25)21-16-10-12(24(26)27)4-8-17(16)29-2/h4-5,7-10,15,18-19,22-23H,3,6H2,1-2H3,(H,21,25). The number of fused-ring (bicyclic) bond motifs is 3. The number of rotatable bonds is 5. The molecule has 3 atom stereocenters. The average molecular weight is 398 g/mol. The van der Waals surface area contributed by atoms with Gasteiger partial charge in [0.25, 0.3) is 5.69 Å². The Kier molecular flexibility index (Phi) is 5.08. The number of hydrogen-bond donors (Lipinski definition) is 3. The summed E-state index contributed by atoms with van der Waals surface area (Å²) >= 11 is 0. The van der Waals surface area contributed by atoms with Gasteiger partial charge in [0.2, 0.25) is 5.91 Å². The molecule has 1 saturated heterocycles. The molecule has 9 nitrogen and oxygen atoms in total. The molecule has 3 N–H and O–H groups in total. The summed E-state index contributed by atoms with van der Waals surface area (Å²) in [6.07, 6.45) is 1.68. The number of nitrogens with one attached hydrogen (secondary N) is 3. The van der Waals surface area contributed by atoms with Gasteiger partial charge < -0.3 is 14.8 Å². The Labute approximate surface area is 167 Å². The third kappa shape index (κ3) is 3.50. The van der Waals surface area contributed by atoms with Gasteiger partial charge in [-0.1, -0.05) is 6.07 Å². The molecule has 2 aliphatic rings. The molecule has 1 aliphatic carbocycles. The zero-order valence-electron chi connectivity index (χ0n) is 16.1. The number of hydrazine groups is 1. The lowest BCUT2D eigenvalue weighted by atomic mass is 9.77. The largest absolute Gasteiger partial charge is 0.497 e. The Balaban J connectivity index is 1.54. The average Bonchev–Trinajstić information content (AvgIpc) is 3.17. The number of anilines is 1. The summed E-state index contributed by atoms with van der Waals surface area (Å²) in [6.45, 7) is 0. The van der Waals surface area contributed by atoms with Gasteiger partial charge in [-0.25, -0.2) is 10.9 Å². The van der Waals surface area contributed by atoms with Crippen molar-refractivity contribution in [2.45, 2.75) is 24.9 Å². The first-order valence-electron chi connectivity index (χ1n) is 9.33. The lowest BCUT2D eigenvalue weighted by molar-refractivity contribution is -0.384. The molecule has 1 aliphatic heterocycles. The molecule has 0 saturated carbocycles. The third-order valence-corrected chi connectivity index (χ3v) is 5.62. The summed E-state index contributed by atoms with van der Waals surface area (Å²) in [5, 5.41) is 13.8. The summed E-state index contributed by atoms with van der Waals surface area (Å²) in [5.74, 6) is 0.981. The Bertz CT molecular complexity index is 964. The first-order valence-corrected chi connectivity index (χ1v) is 9.33. The Morgan fingerprint density at radius 1 is 1.17 bits per heavy atom. The van der Waals surface area contributed by atoms with E-state index in [1.165, 1.54) is 30.9 Å². The molecule has 1 heterocycles. The highest BCUT2D eigenvalue weighted by atomic mass is 16.6. The molecular weight excluding hydrogens is 376 g/mol. The molecule has 2 aromatic rings. The molecule has 0 spiro atoms. The van der Waals surface area contributed by atoms with E-state index in [-0.39, 0.29) is 29.2 Å². The normalized spacial score (nSPS) is 22.3. The number of ether oxygens (including phenoxy) is 2. The summed E-state index contributed by atoms with van der Waals surface area (Å²) in [4.78, 5) is 23.5. The minimum Gasteiger partial charge on any atom is -0.497 e. The molecule has 152 valence electrons. The number of nitro benzene ring substituents is 1. The molecule has 3 unspecified atom stereocenters. The maximum Gasteiger partial charge on any atom is 0.271 e. The van der Waals surface area contributed by atoms with E-state index < -0.39 is 11.0 Å². The van der Waals surface area contributed by atoms with Crippen LogP contribution < -0.4 is 25.6 Å². The number of carbonyl (C=O) groups excluding carboxylic acids is 1. The van der Waals surface area contributed by atoms with Gasteiger partial charge >= 0.3 is 0 Å². The third-order valence-electron chi connectivity index (χ3n) is 5.62. The lowest BCUT2D eigenvalue weighted by Crippen LogP contribution is -2.42. The van der Waals surface area contributed by atoms with E-state index >= 15 is 0 Å². The fourth-order valence-electron chi connectivity index (χ4n) is 4.16. The smallest absolute Gasteiger partial charge is 0.271 e. The van der Waals surface area contributed by atoms with Crippen molar-refractivity contribution in [1.29, 1.82) is 0 Å². The van der Waals surface area contributed by atoms with E-state index in [2.05, 4.69) is 16.2 Å². The number of aryl methyl sites for hydroxylation is 1. The maximum absolute atomic E-state index is 13.0. The van der Waals surface area contributed by atoms with Crippen molar-refractivity contribution in [1.82, 2.24) is 10.9 Å². The van der Waals surface area contributed by atoms with Crippen LogP contribution in [0.2, 0.25) is 0 Å². The van der Waals surface area contributed by atoms with Gasteiger partial charge in [-0.2, -0.15) is 0 Å². The first kappa shape index (κ1) is 19.2. The lowest BCUT2D eigenvalue weighted by Gasteiger charge is -2.29. The van der Waals surface area contributed by atoms with Gasteiger partial charge in [-0.05, 0) is 42.2 Å². The monoisotopic (exact) mass is 398 g/mol. The molecule has 1 amide bonds. The van der Waals surface area contributed by atoms with Crippen molar-refractivity contribution in [2.75, 3.05) is 19.5 Å². The van der Waals surface area contributed by atoms with Crippen LogP contribution in [0.3, 0.4) is 0 Å². The summed E-state index contributed by atoms with van der Waals surface area (Å²) in [5.41, 5.74) is 8.85. The first-order chi connectivity index (χ1) is 14.0. The van der Waals surface area contributed by atoms with Crippen molar-refractivity contribution in [3.05, 3.63) is 57.6 Å². The van der Waals surface area contributed by atoms with E-state index in [1.54, 1.807) is 7.11 Å². The molecule has 9 heteroatoms. The number of nitro groups is 1. The second-order valence-electron chi connectivity index (χ2n) is 7.14. The zero-order valence-corrected chi connectivity index (χ0v) is 16.1. The highest BCUT2D eigenvalue weighted by Gasteiger charge is 2.43. The SMILES string of the molecule is COc1ccc2c(c1)CCC1C(C(=O)Nc3cc([N+](=O)[O-])ccc3OC)NNC21. The summed E-state index contributed by atoms with van der Waals surface area (Å²) in [7, 11) is 3.10. The predicted molar refractivity (Wildman–Crippen MR) is 106 cm³/mol. The second kappa shape index (κ2) is 7.69. The van der Waals surface area contributed by atoms with Gasteiger partial charge in [0.1, 0.15) is 17.5 Å². The van der Waals surface area contributed by atoms with Gasteiger partial charge in [-0.15, -0.1) is 0 Å². The highest BCUT2D eigenvalue weighted by Crippen LogP contribution is 2.40. The van der Waals surface area contributed by atoms with Crippen LogP contribution in [0.5, 0.6) is 11.5 Å². The van der Waals surface area contributed by atoms with Crippen LogP contribution in [0.1, 0.15) is 23.6 Å². The summed E-state index contributed by atoms with van der Waals surface area (Å²) < 4.78 is 10.5. The number of amides is 1. The Morgan fingerprint density at radius 2 is 2.00 bits per heavy atom. The Morgan fingerprint density at radius 3 is 2.72 bits per heavy atom. The van der Waals surface area contributed by atoms with Gasteiger partial charge in [-0.3, -0.25) is 14.9 Å². The highest BCUT2D eigenvalue weighted by molar-refractivity contribution is 5.97. The fraction of sp³-hybridized carbons (Fsp3) is 0.350. The van der Waals surface area contributed by atoms with E-state index in [0.717, 1.165) is 24.2 Å². The minimum atomic E-state index is -0.507. The molecule has 0 bridgehead atoms. The van der Waals surface area contributed by atoms with E-state index in [9.17, 15) is 14.9 Å². The van der Waals surface area contributed by atoms with Crippen molar-refractivity contribution in [3.63, 3.8) is 0 Å². The Hall–Kier alpha value is -3.17. The van der Waals surface area contributed by atoms with Crippen LogP contribution in [-0.4, -0.2) is 31.1 Å². The molecule has 0 aromatic heterocycles. The van der Waals surface area contributed by atoms with Crippen LogP contribution in [0, 0.1) is 16.0 Å². The van der Waals surface area contributed by atoms with Gasteiger partial charge in [0.05, 0.1) is 30.9 Å².